The van der Waals surface area contributed by atoms with Crippen molar-refractivity contribution in [3.8, 4) is 5.75 Å². The Hall–Kier alpha value is -2.51. The number of amides is 1. The van der Waals surface area contributed by atoms with Gasteiger partial charge in [0.1, 0.15) is 17.2 Å². The lowest BCUT2D eigenvalue weighted by atomic mass is 9.39. The molecule has 196 valence electrons. The number of aryl methyl sites for hydroxylation is 1. The maximum absolute atomic E-state index is 14.1. The van der Waals surface area contributed by atoms with Gasteiger partial charge in [-0.2, -0.15) is 0 Å². The first-order chi connectivity index (χ1) is 16.7. The smallest absolute Gasteiger partial charge is 0.258 e. The van der Waals surface area contributed by atoms with Gasteiger partial charge in [0.25, 0.3) is 5.91 Å². The van der Waals surface area contributed by atoms with Crippen molar-refractivity contribution in [2.24, 2.45) is 0 Å². The minimum Gasteiger partial charge on any atom is -0.484 e. The van der Waals surface area contributed by atoms with Crippen molar-refractivity contribution in [2.75, 3.05) is 6.61 Å². The lowest BCUT2D eigenvalue weighted by Crippen LogP contribution is -2.77. The number of rotatable bonds is 9. The van der Waals surface area contributed by atoms with Crippen LogP contribution in [0, 0.1) is 5.82 Å². The van der Waals surface area contributed by atoms with Gasteiger partial charge < -0.3 is 14.5 Å². The quantitative estimate of drug-likeness (QED) is 0.435. The number of nitrogens with zero attached hydrogens (tertiary/aromatic N) is 2. The van der Waals surface area contributed by atoms with Crippen LogP contribution in [0.25, 0.3) is 0 Å². The number of hydrogen-bond donors (Lipinski definition) is 1. The van der Waals surface area contributed by atoms with Gasteiger partial charge in [0, 0.05) is 13.0 Å². The molecule has 4 fully saturated rings. The first kappa shape index (κ1) is 27.1. The zero-order chi connectivity index (χ0) is 25.9. The average Bonchev–Trinajstić information content (AvgIpc) is 3.20. The number of nitrogens with one attached hydrogen (secondary N) is 1. The molecule has 1 aromatic heterocycles. The summed E-state index contributed by atoms with van der Waals surface area (Å²) in [7, 11) is 0. The van der Waals surface area contributed by atoms with E-state index in [-0.39, 0.29) is 36.6 Å². The molecule has 1 heterocycles. The largest absolute Gasteiger partial charge is 0.484 e. The van der Waals surface area contributed by atoms with E-state index in [9.17, 15) is 13.6 Å². The Morgan fingerprint density at radius 1 is 1.23 bits per heavy atom. The van der Waals surface area contributed by atoms with E-state index >= 15 is 0 Å². The number of ether oxygens (including phenoxy) is 1. The highest BCUT2D eigenvalue weighted by atomic mass is 19.1. The highest BCUT2D eigenvalue weighted by Crippen LogP contribution is 2.67. The van der Waals surface area contributed by atoms with Gasteiger partial charge in [-0.3, -0.25) is 4.79 Å². The molecule has 4 aliphatic rings. The fourth-order valence-corrected chi connectivity index (χ4v) is 5.09. The van der Waals surface area contributed by atoms with Crippen molar-refractivity contribution in [2.45, 2.75) is 109 Å². The zero-order valence-electron chi connectivity index (χ0n) is 21.8. The van der Waals surface area contributed by atoms with Crippen molar-refractivity contribution in [1.29, 1.82) is 0 Å². The topological polar surface area (TPSA) is 77.2 Å². The third kappa shape index (κ3) is 5.51. The number of carbonyl (C=O) groups excluding carboxylic acids is 1. The zero-order valence-corrected chi connectivity index (χ0v) is 21.8. The van der Waals surface area contributed by atoms with E-state index in [4.69, 9.17) is 9.15 Å². The Labute approximate surface area is 208 Å². The number of halogens is 2. The Kier molecular flexibility index (Phi) is 8.22. The number of benzene rings is 1. The summed E-state index contributed by atoms with van der Waals surface area (Å²) in [5.41, 5.74) is -1.03. The van der Waals surface area contributed by atoms with Crippen LogP contribution in [0.15, 0.2) is 22.6 Å². The van der Waals surface area contributed by atoms with Gasteiger partial charge in [0.05, 0.1) is 11.3 Å². The number of alkyl halides is 1. The van der Waals surface area contributed by atoms with Gasteiger partial charge in [0.2, 0.25) is 11.8 Å². The van der Waals surface area contributed by atoms with Crippen LogP contribution in [0.3, 0.4) is 0 Å². The highest BCUT2D eigenvalue weighted by Gasteiger charge is 2.72. The normalized spacial score (nSPS) is 29.3. The molecule has 2 bridgehead atoms. The van der Waals surface area contributed by atoms with E-state index in [1.807, 2.05) is 27.7 Å². The number of hydrogen-bond acceptors (Lipinski definition) is 5. The van der Waals surface area contributed by atoms with Crippen LogP contribution < -0.4 is 10.1 Å². The van der Waals surface area contributed by atoms with Gasteiger partial charge in [-0.1, -0.05) is 47.1 Å². The molecule has 8 heteroatoms. The van der Waals surface area contributed by atoms with E-state index in [2.05, 4.69) is 22.4 Å². The van der Waals surface area contributed by atoms with Crippen molar-refractivity contribution >= 4 is 5.91 Å². The van der Waals surface area contributed by atoms with Crippen molar-refractivity contribution in [3.63, 3.8) is 0 Å². The molecule has 0 spiro atoms. The van der Waals surface area contributed by atoms with E-state index in [0.29, 0.717) is 35.9 Å². The summed E-state index contributed by atoms with van der Waals surface area (Å²) in [5, 5.41) is 11.2. The molecule has 4 aliphatic carbocycles. The molecule has 2 unspecified atom stereocenters. The summed E-state index contributed by atoms with van der Waals surface area (Å²) >= 11 is 0. The molecular weight excluding hydrogens is 452 g/mol. The van der Waals surface area contributed by atoms with Gasteiger partial charge in [0.15, 0.2) is 6.61 Å². The van der Waals surface area contributed by atoms with Crippen LogP contribution in [-0.2, 0) is 16.6 Å². The molecule has 0 saturated heterocycles. The summed E-state index contributed by atoms with van der Waals surface area (Å²) in [6.07, 6.45) is 5.24. The monoisotopic (exact) mass is 493 g/mol. The van der Waals surface area contributed by atoms with Gasteiger partial charge in [-0.25, -0.2) is 8.78 Å². The van der Waals surface area contributed by atoms with Crippen LogP contribution in [0.5, 0.6) is 5.75 Å². The Morgan fingerprint density at radius 2 is 1.89 bits per heavy atom. The van der Waals surface area contributed by atoms with Gasteiger partial charge in [-0.05, 0) is 57.1 Å². The number of unbranched alkanes of at least 4 members (excludes halogenated alkanes) is 1. The Morgan fingerprint density at radius 3 is 2.46 bits per heavy atom. The van der Waals surface area contributed by atoms with Crippen LogP contribution in [0.4, 0.5) is 8.78 Å². The molecule has 1 amide bonds. The van der Waals surface area contributed by atoms with Crippen LogP contribution in [0.1, 0.15) is 105 Å². The fourth-order valence-electron chi connectivity index (χ4n) is 5.09. The molecule has 0 radical (unpaired) electrons. The number of aromatic nitrogens is 2. The van der Waals surface area contributed by atoms with E-state index in [1.165, 1.54) is 6.07 Å². The van der Waals surface area contributed by atoms with E-state index in [1.54, 1.807) is 19.1 Å². The fraction of sp³-hybridized carbons (Fsp3) is 0.667. The standard InChI is InChI=1S/C23H27F2N3O3.2C2H6.H2/c1-3-4-5-14-6-7-15(8-17(14)24)30-10-18(29)26-23-11-22(12-23,13-23)20-28-27-19(31-20)16-9-21(16,2)25;2*1-2;/h6-8,16H,3-5,9-13H2,1-2H3,(H,26,29);2*1-2H3;1H. The summed E-state index contributed by atoms with van der Waals surface area (Å²) in [5.74, 6) is 0.449. The molecule has 6 rings (SSSR count). The van der Waals surface area contributed by atoms with Crippen molar-refractivity contribution < 1.29 is 24.2 Å². The molecule has 1 aromatic carbocycles. The van der Waals surface area contributed by atoms with Crippen molar-refractivity contribution in [1.82, 2.24) is 15.5 Å². The second kappa shape index (κ2) is 10.6. The second-order valence-corrected chi connectivity index (χ2v) is 9.76. The molecule has 35 heavy (non-hydrogen) atoms. The first-order valence-electron chi connectivity index (χ1n) is 13.0. The number of carbonyl (C=O) groups is 1. The predicted molar refractivity (Wildman–Crippen MR) is 133 cm³/mol. The Balaban J connectivity index is 0.000000871. The lowest BCUT2D eigenvalue weighted by Gasteiger charge is -2.68. The third-order valence-corrected chi connectivity index (χ3v) is 6.99. The first-order valence-corrected chi connectivity index (χ1v) is 13.0. The van der Waals surface area contributed by atoms with Crippen molar-refractivity contribution in [3.05, 3.63) is 41.4 Å². The maximum Gasteiger partial charge on any atom is 0.258 e. The molecular formula is C27H41F2N3O3. The van der Waals surface area contributed by atoms with Gasteiger partial charge in [-0.15, -0.1) is 10.2 Å². The third-order valence-electron chi connectivity index (χ3n) is 6.99. The summed E-state index contributed by atoms with van der Waals surface area (Å²) in [6, 6.07) is 4.76. The molecule has 2 aromatic rings. The second-order valence-electron chi connectivity index (χ2n) is 9.76. The van der Waals surface area contributed by atoms with Crippen LogP contribution >= 0.6 is 0 Å². The van der Waals surface area contributed by atoms with Crippen LogP contribution in [-0.4, -0.2) is 33.9 Å². The van der Waals surface area contributed by atoms with Gasteiger partial charge >= 0.3 is 0 Å². The minimum absolute atomic E-state index is 0. The molecule has 6 nitrogen and oxygen atoms in total. The predicted octanol–water partition coefficient (Wildman–Crippen LogP) is 6.43. The summed E-state index contributed by atoms with van der Waals surface area (Å²) in [4.78, 5) is 12.3. The summed E-state index contributed by atoms with van der Waals surface area (Å²) < 4.78 is 39.2. The van der Waals surface area contributed by atoms with Crippen LogP contribution in [0.2, 0.25) is 0 Å². The molecule has 0 aliphatic heterocycles. The average molecular weight is 494 g/mol. The molecule has 4 saturated carbocycles. The lowest BCUT2D eigenvalue weighted by molar-refractivity contribution is -0.143. The SMILES string of the molecule is CC.CC.CCCCc1ccc(OCC(=O)NC23CC(c4nnc(C5CC5(C)F)o4)(C2)C3)cc1F.[HH]. The summed E-state index contributed by atoms with van der Waals surface area (Å²) in [6.45, 7) is 11.4. The maximum atomic E-state index is 14.1. The minimum atomic E-state index is -1.24. The van der Waals surface area contributed by atoms with E-state index < -0.39 is 5.67 Å². The molecule has 1 N–H and O–H groups in total. The molecule has 2 atom stereocenters. The van der Waals surface area contributed by atoms with E-state index in [0.717, 1.165) is 32.1 Å². The Bertz CT molecular complexity index is 1010. The highest BCUT2D eigenvalue weighted by molar-refractivity contribution is 5.79.